The summed E-state index contributed by atoms with van der Waals surface area (Å²) in [4.78, 5) is 4.26. The van der Waals surface area contributed by atoms with Crippen LogP contribution in [0.1, 0.15) is 52.9 Å². The predicted molar refractivity (Wildman–Crippen MR) is 103 cm³/mol. The molecule has 0 saturated heterocycles. The van der Waals surface area contributed by atoms with E-state index in [1.807, 2.05) is 20.8 Å². The molecule has 0 amide bonds. The third-order valence-corrected chi connectivity index (χ3v) is 5.58. The Labute approximate surface area is 153 Å². The summed E-state index contributed by atoms with van der Waals surface area (Å²) in [6, 6.07) is 0. The lowest BCUT2D eigenvalue weighted by atomic mass is 9.83. The van der Waals surface area contributed by atoms with Gasteiger partial charge < -0.3 is 15.4 Å². The number of nitrogens with zero attached hydrogens (tertiary/aromatic N) is 1. The topological polar surface area (TPSA) is 91.8 Å². The summed E-state index contributed by atoms with van der Waals surface area (Å²) in [6.45, 7) is 8.58. The quantitative estimate of drug-likeness (QED) is 0.305. The summed E-state index contributed by atoms with van der Waals surface area (Å²) >= 11 is 0. The Bertz CT molecular complexity index is 526. The standard InChI is InChI=1S/C17H36N4O3S/c1-6-24-12-11-17(9-7-8-10-17)14-20-15(18-4)19-13-16(2,3)21-25(5,22)23/h21H,6-14H2,1-5H3,(H2,18,19,20). The SMILES string of the molecule is CCOCCC1(CNC(=NC)NCC(C)(C)NS(C)(=O)=O)CCCC1. The summed E-state index contributed by atoms with van der Waals surface area (Å²) in [6.07, 6.45) is 7.20. The molecule has 1 rings (SSSR count). The average Bonchev–Trinajstić information content (AvgIpc) is 2.94. The monoisotopic (exact) mass is 376 g/mol. The molecule has 8 heteroatoms. The maximum atomic E-state index is 11.4. The highest BCUT2D eigenvalue weighted by molar-refractivity contribution is 7.88. The van der Waals surface area contributed by atoms with E-state index in [9.17, 15) is 8.42 Å². The molecule has 7 nitrogen and oxygen atoms in total. The molecule has 1 aliphatic rings. The minimum atomic E-state index is -3.25. The molecule has 0 heterocycles. The number of rotatable bonds is 10. The van der Waals surface area contributed by atoms with Gasteiger partial charge in [-0.3, -0.25) is 4.99 Å². The Kier molecular flexibility index (Phi) is 8.63. The van der Waals surface area contributed by atoms with Crippen LogP contribution in [-0.2, 0) is 14.8 Å². The largest absolute Gasteiger partial charge is 0.382 e. The highest BCUT2D eigenvalue weighted by atomic mass is 32.2. The molecule has 0 radical (unpaired) electrons. The molecule has 0 unspecified atom stereocenters. The van der Waals surface area contributed by atoms with Crippen LogP contribution >= 0.6 is 0 Å². The van der Waals surface area contributed by atoms with E-state index in [1.165, 1.54) is 31.9 Å². The maximum Gasteiger partial charge on any atom is 0.209 e. The van der Waals surface area contributed by atoms with E-state index < -0.39 is 15.6 Å². The Morgan fingerprint density at radius 2 is 1.88 bits per heavy atom. The minimum Gasteiger partial charge on any atom is -0.382 e. The third kappa shape index (κ3) is 8.87. The van der Waals surface area contributed by atoms with Crippen molar-refractivity contribution in [2.24, 2.45) is 10.4 Å². The van der Waals surface area contributed by atoms with Gasteiger partial charge in [0.25, 0.3) is 0 Å². The van der Waals surface area contributed by atoms with Crippen molar-refractivity contribution in [2.75, 3.05) is 39.6 Å². The van der Waals surface area contributed by atoms with Crippen LogP contribution in [0.25, 0.3) is 0 Å². The summed E-state index contributed by atoms with van der Waals surface area (Å²) in [5.41, 5.74) is -0.321. The van der Waals surface area contributed by atoms with Gasteiger partial charge in [-0.25, -0.2) is 13.1 Å². The summed E-state index contributed by atoms with van der Waals surface area (Å²) in [5, 5.41) is 6.64. The lowest BCUT2D eigenvalue weighted by molar-refractivity contribution is 0.105. The van der Waals surface area contributed by atoms with Crippen LogP contribution in [0.5, 0.6) is 0 Å². The van der Waals surface area contributed by atoms with Crippen LogP contribution in [-0.4, -0.2) is 59.5 Å². The molecule has 0 spiro atoms. The van der Waals surface area contributed by atoms with E-state index in [4.69, 9.17) is 4.74 Å². The van der Waals surface area contributed by atoms with Crippen molar-refractivity contribution >= 4 is 16.0 Å². The van der Waals surface area contributed by atoms with Gasteiger partial charge in [-0.2, -0.15) is 0 Å². The van der Waals surface area contributed by atoms with E-state index in [0.29, 0.717) is 12.5 Å². The molecule has 3 N–H and O–H groups in total. The molecule has 1 fully saturated rings. The molecule has 1 saturated carbocycles. The van der Waals surface area contributed by atoms with Gasteiger partial charge in [0.05, 0.1) is 6.26 Å². The number of hydrogen-bond acceptors (Lipinski definition) is 4. The Morgan fingerprint density at radius 1 is 1.24 bits per heavy atom. The zero-order chi connectivity index (χ0) is 19.0. The van der Waals surface area contributed by atoms with Crippen LogP contribution in [0.4, 0.5) is 0 Å². The first-order valence-electron chi connectivity index (χ1n) is 9.13. The van der Waals surface area contributed by atoms with E-state index in [2.05, 4.69) is 20.3 Å². The van der Waals surface area contributed by atoms with E-state index in [-0.39, 0.29) is 5.41 Å². The molecule has 0 atom stereocenters. The van der Waals surface area contributed by atoms with Gasteiger partial charge in [-0.05, 0) is 45.4 Å². The van der Waals surface area contributed by atoms with Crippen molar-refractivity contribution in [3.8, 4) is 0 Å². The van der Waals surface area contributed by atoms with Crippen LogP contribution < -0.4 is 15.4 Å². The lowest BCUT2D eigenvalue weighted by Crippen LogP contribution is -2.53. The average molecular weight is 377 g/mol. The van der Waals surface area contributed by atoms with Crippen molar-refractivity contribution in [1.82, 2.24) is 15.4 Å². The molecule has 0 aliphatic heterocycles. The molecular formula is C17H36N4O3S. The molecule has 0 aromatic rings. The molecule has 0 aromatic heterocycles. The highest BCUT2D eigenvalue weighted by Crippen LogP contribution is 2.40. The predicted octanol–water partition coefficient (Wildman–Crippen LogP) is 1.47. The maximum absolute atomic E-state index is 11.4. The van der Waals surface area contributed by atoms with Gasteiger partial charge in [0.15, 0.2) is 5.96 Å². The fraction of sp³-hybridized carbons (Fsp3) is 0.941. The molecule has 1 aliphatic carbocycles. The molecule has 0 aromatic carbocycles. The first kappa shape index (κ1) is 22.2. The number of aliphatic imine (C=N–C) groups is 1. The fourth-order valence-electron chi connectivity index (χ4n) is 3.41. The van der Waals surface area contributed by atoms with E-state index >= 15 is 0 Å². The number of nitrogens with one attached hydrogen (secondary N) is 3. The van der Waals surface area contributed by atoms with E-state index in [1.54, 1.807) is 7.05 Å². The normalized spacial score (nSPS) is 18.4. The Balaban J connectivity index is 2.52. The smallest absolute Gasteiger partial charge is 0.209 e. The zero-order valence-corrected chi connectivity index (χ0v) is 17.3. The van der Waals surface area contributed by atoms with Gasteiger partial charge >= 0.3 is 0 Å². The Morgan fingerprint density at radius 3 is 2.40 bits per heavy atom. The zero-order valence-electron chi connectivity index (χ0n) is 16.4. The Hall–Kier alpha value is -0.860. The first-order chi connectivity index (χ1) is 11.6. The van der Waals surface area contributed by atoms with Gasteiger partial charge in [-0.15, -0.1) is 0 Å². The second kappa shape index (κ2) is 9.73. The van der Waals surface area contributed by atoms with Gasteiger partial charge in [0, 0.05) is 38.9 Å². The van der Waals surface area contributed by atoms with Crippen LogP contribution in [0.15, 0.2) is 4.99 Å². The number of sulfonamides is 1. The second-order valence-electron chi connectivity index (χ2n) is 7.69. The molecule has 148 valence electrons. The van der Waals surface area contributed by atoms with Crippen molar-refractivity contribution in [1.29, 1.82) is 0 Å². The van der Waals surface area contributed by atoms with Crippen molar-refractivity contribution in [3.05, 3.63) is 0 Å². The molecule has 0 bridgehead atoms. The molecular weight excluding hydrogens is 340 g/mol. The highest BCUT2D eigenvalue weighted by Gasteiger charge is 2.33. The van der Waals surface area contributed by atoms with Crippen molar-refractivity contribution in [3.63, 3.8) is 0 Å². The number of hydrogen-bond donors (Lipinski definition) is 3. The number of guanidine groups is 1. The van der Waals surface area contributed by atoms with Gasteiger partial charge in [-0.1, -0.05) is 12.8 Å². The van der Waals surface area contributed by atoms with Gasteiger partial charge in [0.1, 0.15) is 0 Å². The second-order valence-corrected chi connectivity index (χ2v) is 9.44. The van der Waals surface area contributed by atoms with Crippen LogP contribution in [0, 0.1) is 5.41 Å². The fourth-order valence-corrected chi connectivity index (χ4v) is 4.48. The minimum absolute atomic E-state index is 0.271. The summed E-state index contributed by atoms with van der Waals surface area (Å²) in [7, 11) is -1.52. The van der Waals surface area contributed by atoms with E-state index in [0.717, 1.165) is 26.2 Å². The third-order valence-electron chi connectivity index (χ3n) is 4.66. The van der Waals surface area contributed by atoms with Crippen LogP contribution in [0.2, 0.25) is 0 Å². The van der Waals surface area contributed by atoms with Crippen molar-refractivity contribution < 1.29 is 13.2 Å². The van der Waals surface area contributed by atoms with Gasteiger partial charge in [0.2, 0.25) is 10.0 Å². The molecule has 25 heavy (non-hydrogen) atoms. The van der Waals surface area contributed by atoms with Crippen LogP contribution in [0.3, 0.4) is 0 Å². The first-order valence-corrected chi connectivity index (χ1v) is 11.0. The van der Waals surface area contributed by atoms with Crippen molar-refractivity contribution in [2.45, 2.75) is 58.4 Å². The summed E-state index contributed by atoms with van der Waals surface area (Å²) < 4.78 is 31.0. The number of ether oxygens (including phenoxy) is 1. The summed E-state index contributed by atoms with van der Waals surface area (Å²) in [5.74, 6) is 0.700. The lowest BCUT2D eigenvalue weighted by Gasteiger charge is -2.31.